The van der Waals surface area contributed by atoms with Crippen LogP contribution < -0.4 is 10.2 Å². The number of hydrogen-bond donors (Lipinski definition) is 2. The van der Waals surface area contributed by atoms with Gasteiger partial charge in [-0.1, -0.05) is 46.8 Å². The number of aliphatic hydroxyl groups is 1. The Morgan fingerprint density at radius 2 is 1.78 bits per heavy atom. The normalized spacial score (nSPS) is 21.7. The van der Waals surface area contributed by atoms with Crippen LogP contribution in [0.25, 0.3) is 0 Å². The highest BCUT2D eigenvalue weighted by Gasteiger charge is 2.32. The first-order valence-corrected chi connectivity index (χ1v) is 9.13. The zero-order valence-corrected chi connectivity index (χ0v) is 15.4. The molecule has 3 atom stereocenters. The van der Waals surface area contributed by atoms with Gasteiger partial charge in [0.15, 0.2) is 0 Å². The largest absolute Gasteiger partial charge is 0.387 e. The molecule has 0 aliphatic heterocycles. The lowest BCUT2D eigenvalue weighted by molar-refractivity contribution is 0.174. The fourth-order valence-corrected chi connectivity index (χ4v) is 3.08. The molecule has 1 aromatic carbocycles. The van der Waals surface area contributed by atoms with Gasteiger partial charge in [-0.25, -0.2) is 0 Å². The fraction of sp³-hybridized carbons (Fsp3) is 0.700. The number of anilines is 1. The molecule has 1 aliphatic rings. The fourth-order valence-electron chi connectivity index (χ4n) is 3.08. The first-order chi connectivity index (χ1) is 10.9. The van der Waals surface area contributed by atoms with Crippen LogP contribution in [0.5, 0.6) is 0 Å². The number of benzene rings is 1. The maximum atomic E-state index is 10.5. The molecule has 1 saturated carbocycles. The molecule has 0 heterocycles. The smallest absolute Gasteiger partial charge is 0.0915 e. The Kier molecular flexibility index (Phi) is 6.49. The summed E-state index contributed by atoms with van der Waals surface area (Å²) < 4.78 is 0. The highest BCUT2D eigenvalue weighted by Crippen LogP contribution is 2.29. The second kappa shape index (κ2) is 8.16. The zero-order chi connectivity index (χ0) is 17.0. The number of aliphatic hydroxyl groups excluding tert-OH is 1. The van der Waals surface area contributed by atoms with Gasteiger partial charge in [0.25, 0.3) is 0 Å². The monoisotopic (exact) mass is 318 g/mol. The van der Waals surface area contributed by atoms with Crippen LogP contribution in [0.3, 0.4) is 0 Å². The summed E-state index contributed by atoms with van der Waals surface area (Å²) >= 11 is 0. The Morgan fingerprint density at radius 3 is 2.30 bits per heavy atom. The number of rotatable bonds is 9. The first kappa shape index (κ1) is 18.3. The van der Waals surface area contributed by atoms with Gasteiger partial charge in [-0.15, -0.1) is 0 Å². The summed E-state index contributed by atoms with van der Waals surface area (Å²) in [6.45, 7) is 14.0. The third-order valence-electron chi connectivity index (χ3n) is 4.47. The van der Waals surface area contributed by atoms with Crippen molar-refractivity contribution in [2.24, 2.45) is 17.8 Å². The molecular formula is C20H34N2O. The van der Waals surface area contributed by atoms with E-state index in [1.165, 1.54) is 12.1 Å². The van der Waals surface area contributed by atoms with E-state index in [1.807, 2.05) is 6.07 Å². The van der Waals surface area contributed by atoms with Crippen molar-refractivity contribution in [1.82, 2.24) is 5.32 Å². The van der Waals surface area contributed by atoms with Gasteiger partial charge >= 0.3 is 0 Å². The molecule has 1 aliphatic carbocycles. The van der Waals surface area contributed by atoms with Gasteiger partial charge in [-0.3, -0.25) is 0 Å². The van der Waals surface area contributed by atoms with Gasteiger partial charge in [0.1, 0.15) is 0 Å². The molecule has 3 nitrogen and oxygen atoms in total. The molecule has 3 heteroatoms. The average molecular weight is 319 g/mol. The molecule has 0 bridgehead atoms. The molecule has 130 valence electrons. The van der Waals surface area contributed by atoms with Crippen LogP contribution >= 0.6 is 0 Å². The van der Waals surface area contributed by atoms with Crippen molar-refractivity contribution in [2.45, 2.75) is 53.2 Å². The molecule has 0 amide bonds. The van der Waals surface area contributed by atoms with E-state index >= 15 is 0 Å². The Bertz CT molecular complexity index is 476. The van der Waals surface area contributed by atoms with Crippen molar-refractivity contribution in [2.75, 3.05) is 24.5 Å². The van der Waals surface area contributed by atoms with Crippen LogP contribution in [0, 0.1) is 17.8 Å². The lowest BCUT2D eigenvalue weighted by Gasteiger charge is -2.29. The number of hydrogen-bond acceptors (Lipinski definition) is 3. The second-order valence-corrected chi connectivity index (χ2v) is 8.03. The summed E-state index contributed by atoms with van der Waals surface area (Å²) in [6.07, 6.45) is 0.811. The van der Waals surface area contributed by atoms with E-state index in [4.69, 9.17) is 0 Å². The van der Waals surface area contributed by atoms with Gasteiger partial charge in [0.2, 0.25) is 0 Å². The highest BCUT2D eigenvalue weighted by atomic mass is 16.3. The van der Waals surface area contributed by atoms with Crippen molar-refractivity contribution in [3.8, 4) is 0 Å². The lowest BCUT2D eigenvalue weighted by atomic mass is 10.1. The Labute approximate surface area is 142 Å². The lowest BCUT2D eigenvalue weighted by Crippen LogP contribution is -2.31. The second-order valence-electron chi connectivity index (χ2n) is 8.03. The summed E-state index contributed by atoms with van der Waals surface area (Å²) in [4.78, 5) is 2.45. The maximum Gasteiger partial charge on any atom is 0.0915 e. The molecule has 0 radical (unpaired) electrons. The molecule has 2 N–H and O–H groups in total. The van der Waals surface area contributed by atoms with Gasteiger partial charge in [0.05, 0.1) is 6.10 Å². The SMILES string of the molecule is CC(C)CN(CC(C)C)c1cccc(C(O)CNC2CC2C)c1. The van der Waals surface area contributed by atoms with Crippen LogP contribution in [0.15, 0.2) is 24.3 Å². The van der Waals surface area contributed by atoms with Gasteiger partial charge in [-0.05, 0) is 41.9 Å². The molecule has 0 saturated heterocycles. The summed E-state index contributed by atoms with van der Waals surface area (Å²) in [6, 6.07) is 9.03. The van der Waals surface area contributed by atoms with Gasteiger partial charge < -0.3 is 15.3 Å². The number of nitrogens with zero attached hydrogens (tertiary/aromatic N) is 1. The van der Waals surface area contributed by atoms with Crippen LogP contribution in [-0.4, -0.2) is 30.8 Å². The van der Waals surface area contributed by atoms with Crippen LogP contribution in [0.4, 0.5) is 5.69 Å². The van der Waals surface area contributed by atoms with Crippen LogP contribution in [0.2, 0.25) is 0 Å². The van der Waals surface area contributed by atoms with Crippen LogP contribution in [-0.2, 0) is 0 Å². The molecule has 23 heavy (non-hydrogen) atoms. The van der Waals surface area contributed by atoms with E-state index in [2.05, 4.69) is 63.0 Å². The van der Waals surface area contributed by atoms with Crippen molar-refractivity contribution in [1.29, 1.82) is 0 Å². The zero-order valence-electron chi connectivity index (χ0n) is 15.4. The topological polar surface area (TPSA) is 35.5 Å². The first-order valence-electron chi connectivity index (χ1n) is 9.13. The molecule has 1 fully saturated rings. The average Bonchev–Trinajstić information content (AvgIpc) is 3.19. The van der Waals surface area contributed by atoms with E-state index in [0.717, 1.165) is 24.6 Å². The van der Waals surface area contributed by atoms with Gasteiger partial charge in [0, 0.05) is 31.4 Å². The Hall–Kier alpha value is -1.06. The van der Waals surface area contributed by atoms with E-state index < -0.39 is 6.10 Å². The molecule has 0 spiro atoms. The van der Waals surface area contributed by atoms with Crippen molar-refractivity contribution < 1.29 is 5.11 Å². The summed E-state index contributed by atoms with van der Waals surface area (Å²) in [5.41, 5.74) is 2.24. The molecular weight excluding hydrogens is 284 g/mol. The van der Waals surface area contributed by atoms with Crippen molar-refractivity contribution in [3.05, 3.63) is 29.8 Å². The predicted octanol–water partition coefficient (Wildman–Crippen LogP) is 3.84. The predicted molar refractivity (Wildman–Crippen MR) is 98.9 cm³/mol. The molecule has 3 unspecified atom stereocenters. The quantitative estimate of drug-likeness (QED) is 0.726. The molecule has 2 rings (SSSR count). The Morgan fingerprint density at radius 1 is 1.17 bits per heavy atom. The van der Waals surface area contributed by atoms with Crippen molar-refractivity contribution in [3.63, 3.8) is 0 Å². The minimum absolute atomic E-state index is 0.428. The van der Waals surface area contributed by atoms with Gasteiger partial charge in [-0.2, -0.15) is 0 Å². The minimum Gasteiger partial charge on any atom is -0.387 e. The standard InChI is InChI=1S/C20H34N2O/c1-14(2)12-22(13-15(3)4)18-8-6-7-17(10-18)20(23)11-21-19-9-16(19)5/h6-8,10,14-16,19-21,23H,9,11-13H2,1-5H3. The summed E-state index contributed by atoms with van der Waals surface area (Å²) in [5, 5.41) is 13.9. The minimum atomic E-state index is -0.428. The van der Waals surface area contributed by atoms with E-state index in [1.54, 1.807) is 0 Å². The molecule has 1 aromatic rings. The third kappa shape index (κ3) is 5.82. The van der Waals surface area contributed by atoms with E-state index in [9.17, 15) is 5.11 Å². The molecule has 0 aromatic heterocycles. The van der Waals surface area contributed by atoms with E-state index in [0.29, 0.717) is 24.4 Å². The van der Waals surface area contributed by atoms with E-state index in [-0.39, 0.29) is 0 Å². The summed E-state index contributed by atoms with van der Waals surface area (Å²) in [5.74, 6) is 2.02. The Balaban J connectivity index is 2.03. The third-order valence-corrected chi connectivity index (χ3v) is 4.47. The number of nitrogens with one attached hydrogen (secondary N) is 1. The van der Waals surface area contributed by atoms with Crippen molar-refractivity contribution >= 4 is 5.69 Å². The maximum absolute atomic E-state index is 10.5. The van der Waals surface area contributed by atoms with Crippen LogP contribution in [0.1, 0.15) is 52.7 Å². The summed E-state index contributed by atoms with van der Waals surface area (Å²) in [7, 11) is 0. The highest BCUT2D eigenvalue weighted by molar-refractivity contribution is 5.49.